The first-order chi connectivity index (χ1) is 6.38. The Labute approximate surface area is 78.7 Å². The Bertz CT molecular complexity index is 143. The Balaban J connectivity index is 1.64. The Morgan fingerprint density at radius 3 is 2.15 bits per heavy atom. The molecular weight excluding hydrogens is 170 g/mol. The fourth-order valence-corrected chi connectivity index (χ4v) is 1.32. The van der Waals surface area contributed by atoms with Gasteiger partial charge in [-0.25, -0.2) is 0 Å². The molecule has 2 heterocycles. The van der Waals surface area contributed by atoms with Gasteiger partial charge in [0.1, 0.15) is 0 Å². The van der Waals surface area contributed by atoms with Crippen LogP contribution in [0.1, 0.15) is 6.92 Å². The van der Waals surface area contributed by atoms with Crippen molar-refractivity contribution >= 4 is 0 Å². The monoisotopic (exact) mass is 187 g/mol. The summed E-state index contributed by atoms with van der Waals surface area (Å²) in [5.41, 5.74) is 0. The molecule has 0 aromatic carbocycles. The van der Waals surface area contributed by atoms with Crippen LogP contribution in [0.15, 0.2) is 0 Å². The van der Waals surface area contributed by atoms with Crippen LogP contribution in [0.4, 0.5) is 0 Å². The molecule has 0 saturated carbocycles. The van der Waals surface area contributed by atoms with Crippen molar-refractivity contribution in [1.82, 2.24) is 4.90 Å². The van der Waals surface area contributed by atoms with Gasteiger partial charge in [0.25, 0.3) is 0 Å². The van der Waals surface area contributed by atoms with Gasteiger partial charge in [-0.3, -0.25) is 4.90 Å². The number of hydrogen-bond acceptors (Lipinski definition) is 4. The smallest absolute Gasteiger partial charge is 0.0991 e. The summed E-state index contributed by atoms with van der Waals surface area (Å²) < 4.78 is 15.7. The summed E-state index contributed by atoms with van der Waals surface area (Å²) in [5.74, 6) is 0. The summed E-state index contributed by atoms with van der Waals surface area (Å²) in [5, 5.41) is 0. The molecule has 2 unspecified atom stereocenters. The van der Waals surface area contributed by atoms with E-state index in [0.717, 1.165) is 32.9 Å². The third kappa shape index (κ3) is 3.60. The molecule has 2 rings (SSSR count). The standard InChI is InChI=1S/C9H17NO3/c1-2-11-7-10(3-8-5-12-8)4-9-6-13-9/h8-9H,2-7H2,1H3. The van der Waals surface area contributed by atoms with Crippen molar-refractivity contribution in [2.24, 2.45) is 0 Å². The minimum absolute atomic E-state index is 0.444. The van der Waals surface area contributed by atoms with Crippen LogP contribution in [0, 0.1) is 0 Å². The maximum absolute atomic E-state index is 5.37. The first-order valence-electron chi connectivity index (χ1n) is 4.91. The third-order valence-electron chi connectivity index (χ3n) is 2.21. The summed E-state index contributed by atoms with van der Waals surface area (Å²) in [6.07, 6.45) is 0.887. The summed E-state index contributed by atoms with van der Waals surface area (Å²) in [7, 11) is 0. The average molecular weight is 187 g/mol. The molecule has 76 valence electrons. The largest absolute Gasteiger partial charge is 0.372 e. The molecule has 0 N–H and O–H groups in total. The lowest BCUT2D eigenvalue weighted by molar-refractivity contribution is 0.0281. The molecular formula is C9H17NO3. The highest BCUT2D eigenvalue weighted by atomic mass is 16.6. The second-order valence-electron chi connectivity index (χ2n) is 3.57. The van der Waals surface area contributed by atoms with Crippen LogP contribution in [-0.2, 0) is 14.2 Å². The Morgan fingerprint density at radius 2 is 1.77 bits per heavy atom. The lowest BCUT2D eigenvalue weighted by atomic mass is 10.4. The van der Waals surface area contributed by atoms with Gasteiger partial charge in [0.2, 0.25) is 0 Å². The van der Waals surface area contributed by atoms with Crippen LogP contribution in [0.2, 0.25) is 0 Å². The summed E-state index contributed by atoms with van der Waals surface area (Å²) in [4.78, 5) is 2.26. The average Bonchev–Trinajstić information content (AvgIpc) is 2.94. The molecule has 0 bridgehead atoms. The van der Waals surface area contributed by atoms with E-state index in [-0.39, 0.29) is 0 Å². The minimum atomic E-state index is 0.444. The zero-order valence-electron chi connectivity index (χ0n) is 8.07. The molecule has 4 heteroatoms. The number of epoxide rings is 2. The Morgan fingerprint density at radius 1 is 1.23 bits per heavy atom. The van der Waals surface area contributed by atoms with Crippen molar-refractivity contribution < 1.29 is 14.2 Å². The normalized spacial score (nSPS) is 30.9. The summed E-state index contributed by atoms with van der Waals surface area (Å²) in [6.45, 7) is 7.28. The highest BCUT2D eigenvalue weighted by Crippen LogP contribution is 2.15. The number of ether oxygens (including phenoxy) is 3. The van der Waals surface area contributed by atoms with E-state index >= 15 is 0 Å². The van der Waals surface area contributed by atoms with E-state index in [1.54, 1.807) is 0 Å². The van der Waals surface area contributed by atoms with Gasteiger partial charge in [-0.05, 0) is 6.92 Å². The van der Waals surface area contributed by atoms with Crippen LogP contribution < -0.4 is 0 Å². The van der Waals surface area contributed by atoms with Crippen LogP contribution in [-0.4, -0.2) is 56.7 Å². The van der Waals surface area contributed by atoms with Crippen LogP contribution >= 0.6 is 0 Å². The van der Waals surface area contributed by atoms with Gasteiger partial charge in [0, 0.05) is 19.7 Å². The minimum Gasteiger partial charge on any atom is -0.372 e. The molecule has 2 aliphatic rings. The number of nitrogens with zero attached hydrogens (tertiary/aromatic N) is 1. The SMILES string of the molecule is CCOCN(CC1CO1)CC1CO1. The highest BCUT2D eigenvalue weighted by Gasteiger charge is 2.30. The first-order valence-corrected chi connectivity index (χ1v) is 4.91. The van der Waals surface area contributed by atoms with Gasteiger partial charge >= 0.3 is 0 Å². The molecule has 0 amide bonds. The Hall–Kier alpha value is -0.160. The van der Waals surface area contributed by atoms with Gasteiger partial charge in [-0.1, -0.05) is 0 Å². The zero-order valence-corrected chi connectivity index (χ0v) is 8.07. The maximum Gasteiger partial charge on any atom is 0.0991 e. The highest BCUT2D eigenvalue weighted by molar-refractivity contribution is 4.78. The van der Waals surface area contributed by atoms with E-state index in [1.165, 1.54) is 0 Å². The van der Waals surface area contributed by atoms with Crippen LogP contribution in [0.25, 0.3) is 0 Å². The van der Waals surface area contributed by atoms with Gasteiger partial charge < -0.3 is 14.2 Å². The number of rotatable bonds is 7. The van der Waals surface area contributed by atoms with Crippen molar-refractivity contribution in [1.29, 1.82) is 0 Å². The first kappa shape index (κ1) is 9.40. The molecule has 0 spiro atoms. The van der Waals surface area contributed by atoms with Gasteiger partial charge in [-0.2, -0.15) is 0 Å². The number of hydrogen-bond donors (Lipinski definition) is 0. The molecule has 4 nitrogen and oxygen atoms in total. The maximum atomic E-state index is 5.37. The second-order valence-corrected chi connectivity index (χ2v) is 3.57. The van der Waals surface area contributed by atoms with Gasteiger partial charge in [0.15, 0.2) is 0 Å². The quantitative estimate of drug-likeness (QED) is 0.418. The predicted molar refractivity (Wildman–Crippen MR) is 47.5 cm³/mol. The van der Waals surface area contributed by atoms with E-state index in [2.05, 4.69) is 4.90 Å². The van der Waals surface area contributed by atoms with E-state index in [4.69, 9.17) is 14.2 Å². The van der Waals surface area contributed by atoms with E-state index in [0.29, 0.717) is 18.9 Å². The topological polar surface area (TPSA) is 37.5 Å². The van der Waals surface area contributed by atoms with Gasteiger partial charge in [0.05, 0.1) is 32.2 Å². The van der Waals surface area contributed by atoms with E-state index < -0.39 is 0 Å². The van der Waals surface area contributed by atoms with Crippen molar-refractivity contribution in [3.63, 3.8) is 0 Å². The fourth-order valence-electron chi connectivity index (χ4n) is 1.32. The zero-order chi connectivity index (χ0) is 9.10. The third-order valence-corrected chi connectivity index (χ3v) is 2.21. The van der Waals surface area contributed by atoms with Crippen molar-refractivity contribution in [2.75, 3.05) is 39.6 Å². The lowest BCUT2D eigenvalue weighted by Crippen LogP contribution is -2.33. The molecule has 2 saturated heterocycles. The van der Waals surface area contributed by atoms with E-state index in [9.17, 15) is 0 Å². The second kappa shape index (κ2) is 4.37. The lowest BCUT2D eigenvalue weighted by Gasteiger charge is -2.19. The van der Waals surface area contributed by atoms with Crippen molar-refractivity contribution in [2.45, 2.75) is 19.1 Å². The fraction of sp³-hybridized carbons (Fsp3) is 1.00. The Kier molecular flexibility index (Phi) is 3.16. The molecule has 0 radical (unpaired) electrons. The van der Waals surface area contributed by atoms with Crippen LogP contribution in [0.3, 0.4) is 0 Å². The van der Waals surface area contributed by atoms with Crippen molar-refractivity contribution in [3.05, 3.63) is 0 Å². The molecule has 13 heavy (non-hydrogen) atoms. The molecule has 0 aromatic heterocycles. The predicted octanol–water partition coefficient (Wildman–Crippen LogP) is 0.0800. The summed E-state index contributed by atoms with van der Waals surface area (Å²) in [6, 6.07) is 0. The molecule has 2 aliphatic heterocycles. The van der Waals surface area contributed by atoms with Crippen LogP contribution in [0.5, 0.6) is 0 Å². The van der Waals surface area contributed by atoms with Gasteiger partial charge in [-0.15, -0.1) is 0 Å². The molecule has 0 aliphatic carbocycles. The van der Waals surface area contributed by atoms with E-state index in [1.807, 2.05) is 6.92 Å². The molecule has 0 aromatic rings. The molecule has 2 fully saturated rings. The summed E-state index contributed by atoms with van der Waals surface area (Å²) >= 11 is 0. The molecule has 2 atom stereocenters. The van der Waals surface area contributed by atoms with Crippen molar-refractivity contribution in [3.8, 4) is 0 Å².